The first-order valence-corrected chi connectivity index (χ1v) is 6.75. The molecule has 0 saturated carbocycles. The van der Waals surface area contributed by atoms with Gasteiger partial charge in [0.1, 0.15) is 5.82 Å². The number of hydrogen-bond acceptors (Lipinski definition) is 4. The molecule has 0 spiro atoms. The fourth-order valence-electron chi connectivity index (χ4n) is 2.35. The lowest BCUT2D eigenvalue weighted by atomic mass is 10.1. The number of nitrogens with zero attached hydrogens (tertiary/aromatic N) is 2. The molecule has 0 radical (unpaired) electrons. The van der Waals surface area contributed by atoms with Crippen molar-refractivity contribution >= 4 is 5.82 Å². The molecule has 1 atom stereocenters. The summed E-state index contributed by atoms with van der Waals surface area (Å²) in [5.41, 5.74) is 6.95. The fraction of sp³-hybridized carbons (Fsp3) is 0.643. The Labute approximate surface area is 109 Å². The molecule has 1 aliphatic heterocycles. The Morgan fingerprint density at radius 2 is 2.39 bits per heavy atom. The molecule has 4 heteroatoms. The van der Waals surface area contributed by atoms with E-state index >= 15 is 0 Å². The number of anilines is 1. The molecule has 1 aromatic rings. The van der Waals surface area contributed by atoms with Crippen LogP contribution in [0.4, 0.5) is 5.82 Å². The first-order chi connectivity index (χ1) is 8.75. The maximum Gasteiger partial charge on any atom is 0.127 e. The second kappa shape index (κ2) is 6.71. The predicted octanol–water partition coefficient (Wildman–Crippen LogP) is 2.05. The monoisotopic (exact) mass is 249 g/mol. The lowest BCUT2D eigenvalue weighted by Gasteiger charge is -2.25. The van der Waals surface area contributed by atoms with Gasteiger partial charge in [-0.25, -0.2) is 4.98 Å². The number of nitrogens with two attached hydrogens (primary N) is 1. The van der Waals surface area contributed by atoms with E-state index in [0.29, 0.717) is 11.9 Å². The molecule has 1 saturated heterocycles. The van der Waals surface area contributed by atoms with Crippen molar-refractivity contribution in [2.24, 2.45) is 0 Å². The van der Waals surface area contributed by atoms with Crippen LogP contribution >= 0.6 is 0 Å². The zero-order valence-corrected chi connectivity index (χ0v) is 11.1. The summed E-state index contributed by atoms with van der Waals surface area (Å²) in [6, 6.07) is 3.97. The van der Waals surface area contributed by atoms with Crippen LogP contribution < -0.4 is 5.73 Å². The molecular formula is C14H23N3O. The Balaban J connectivity index is 1.74. The van der Waals surface area contributed by atoms with E-state index in [1.54, 1.807) is 6.20 Å². The highest BCUT2D eigenvalue weighted by atomic mass is 16.5. The van der Waals surface area contributed by atoms with Gasteiger partial charge in [0, 0.05) is 31.5 Å². The summed E-state index contributed by atoms with van der Waals surface area (Å²) < 4.78 is 5.74. The maximum absolute atomic E-state index is 5.85. The van der Waals surface area contributed by atoms with Gasteiger partial charge in [0.05, 0.1) is 6.10 Å². The van der Waals surface area contributed by atoms with Gasteiger partial charge in [-0.15, -0.1) is 0 Å². The van der Waals surface area contributed by atoms with Crippen LogP contribution in [0.25, 0.3) is 0 Å². The smallest absolute Gasteiger partial charge is 0.127 e. The largest absolute Gasteiger partial charge is 0.383 e. The van der Waals surface area contributed by atoms with Crippen molar-refractivity contribution < 1.29 is 4.74 Å². The van der Waals surface area contributed by atoms with E-state index in [1.807, 2.05) is 12.1 Å². The molecule has 1 aliphatic rings. The van der Waals surface area contributed by atoms with E-state index in [-0.39, 0.29) is 0 Å². The van der Waals surface area contributed by atoms with E-state index < -0.39 is 0 Å². The average molecular weight is 249 g/mol. The molecule has 0 amide bonds. The van der Waals surface area contributed by atoms with E-state index in [9.17, 15) is 0 Å². The molecule has 2 heterocycles. The van der Waals surface area contributed by atoms with Crippen LogP contribution in [0.3, 0.4) is 0 Å². The van der Waals surface area contributed by atoms with Crippen LogP contribution in [0, 0.1) is 0 Å². The molecule has 0 aromatic carbocycles. The van der Waals surface area contributed by atoms with E-state index in [2.05, 4.69) is 16.9 Å². The van der Waals surface area contributed by atoms with Crippen molar-refractivity contribution in [3.05, 3.63) is 23.9 Å². The highest BCUT2D eigenvalue weighted by molar-refractivity contribution is 5.38. The van der Waals surface area contributed by atoms with Crippen molar-refractivity contribution in [2.75, 3.05) is 25.9 Å². The summed E-state index contributed by atoms with van der Waals surface area (Å²) >= 11 is 0. The van der Waals surface area contributed by atoms with Crippen LogP contribution in [0.1, 0.15) is 31.2 Å². The molecule has 1 fully saturated rings. The molecule has 0 aliphatic carbocycles. The molecular weight excluding hydrogens is 226 g/mol. The van der Waals surface area contributed by atoms with E-state index in [4.69, 9.17) is 10.5 Å². The molecule has 4 nitrogen and oxygen atoms in total. The number of aromatic nitrogens is 1. The third kappa shape index (κ3) is 3.96. The van der Waals surface area contributed by atoms with Crippen molar-refractivity contribution in [1.29, 1.82) is 0 Å². The van der Waals surface area contributed by atoms with Gasteiger partial charge in [-0.2, -0.15) is 0 Å². The van der Waals surface area contributed by atoms with Gasteiger partial charge in [-0.3, -0.25) is 0 Å². The Kier molecular flexibility index (Phi) is 4.96. The molecule has 0 bridgehead atoms. The highest BCUT2D eigenvalue weighted by Gasteiger charge is 2.14. The van der Waals surface area contributed by atoms with Crippen LogP contribution in [-0.4, -0.2) is 36.2 Å². The van der Waals surface area contributed by atoms with Crippen LogP contribution in [0.15, 0.2) is 18.3 Å². The van der Waals surface area contributed by atoms with Gasteiger partial charge >= 0.3 is 0 Å². The van der Waals surface area contributed by atoms with Crippen LogP contribution in [-0.2, 0) is 11.3 Å². The first kappa shape index (κ1) is 13.3. The number of hydrogen-bond donors (Lipinski definition) is 1. The summed E-state index contributed by atoms with van der Waals surface area (Å²) in [7, 11) is 2.12. The summed E-state index contributed by atoms with van der Waals surface area (Å²) in [5, 5.41) is 0. The summed E-state index contributed by atoms with van der Waals surface area (Å²) in [4.78, 5) is 6.39. The molecule has 100 valence electrons. The van der Waals surface area contributed by atoms with Gasteiger partial charge < -0.3 is 15.4 Å². The summed E-state index contributed by atoms with van der Waals surface area (Å²) in [5.74, 6) is 0.637. The van der Waals surface area contributed by atoms with Crippen molar-refractivity contribution in [1.82, 2.24) is 9.88 Å². The number of nitrogen functional groups attached to an aromatic ring is 1. The first-order valence-electron chi connectivity index (χ1n) is 6.75. The summed E-state index contributed by atoms with van der Waals surface area (Å²) in [6.07, 6.45) is 7.03. The second-order valence-electron chi connectivity index (χ2n) is 5.06. The van der Waals surface area contributed by atoms with Gasteiger partial charge in [0.25, 0.3) is 0 Å². The maximum atomic E-state index is 5.85. The Hall–Kier alpha value is -1.13. The van der Waals surface area contributed by atoms with Gasteiger partial charge in [0.15, 0.2) is 0 Å². The highest BCUT2D eigenvalue weighted by Crippen LogP contribution is 2.16. The minimum Gasteiger partial charge on any atom is -0.383 e. The Morgan fingerprint density at radius 3 is 3.11 bits per heavy atom. The molecule has 0 unspecified atom stereocenters. The Morgan fingerprint density at radius 1 is 1.50 bits per heavy atom. The third-order valence-corrected chi connectivity index (χ3v) is 3.47. The van der Waals surface area contributed by atoms with Gasteiger partial charge in [-0.1, -0.05) is 6.07 Å². The quantitative estimate of drug-likeness (QED) is 0.867. The molecule has 18 heavy (non-hydrogen) atoms. The topological polar surface area (TPSA) is 51.4 Å². The predicted molar refractivity (Wildman–Crippen MR) is 73.2 cm³/mol. The normalized spacial score (nSPS) is 20.2. The second-order valence-corrected chi connectivity index (χ2v) is 5.06. The Bertz CT molecular complexity index is 364. The number of rotatable bonds is 5. The van der Waals surface area contributed by atoms with Crippen molar-refractivity contribution in [3.63, 3.8) is 0 Å². The molecule has 2 rings (SSSR count). The van der Waals surface area contributed by atoms with E-state index in [0.717, 1.165) is 31.7 Å². The summed E-state index contributed by atoms with van der Waals surface area (Å²) in [6.45, 7) is 2.83. The van der Waals surface area contributed by atoms with Gasteiger partial charge in [-0.05, 0) is 38.8 Å². The molecule has 2 N–H and O–H groups in total. The van der Waals surface area contributed by atoms with Crippen molar-refractivity contribution in [3.8, 4) is 0 Å². The van der Waals surface area contributed by atoms with Crippen LogP contribution in [0.2, 0.25) is 0 Å². The lowest BCUT2D eigenvalue weighted by Crippen LogP contribution is -2.27. The zero-order valence-electron chi connectivity index (χ0n) is 11.1. The fourth-order valence-corrected chi connectivity index (χ4v) is 2.35. The minimum absolute atomic E-state index is 0.451. The zero-order chi connectivity index (χ0) is 12.8. The molecule has 1 aromatic heterocycles. The van der Waals surface area contributed by atoms with Crippen molar-refractivity contribution in [2.45, 2.75) is 38.3 Å². The van der Waals surface area contributed by atoms with Gasteiger partial charge in [0.2, 0.25) is 0 Å². The van der Waals surface area contributed by atoms with E-state index in [1.165, 1.54) is 19.3 Å². The standard InChI is InChI=1S/C14H23N3O/c1-17(9-7-13-6-2-3-10-18-13)11-12-5-4-8-16-14(12)15/h4-5,8,13H,2-3,6-7,9-11H2,1H3,(H2,15,16)/t13-/m0/s1. The number of pyridine rings is 1. The lowest BCUT2D eigenvalue weighted by molar-refractivity contribution is 0.00641. The SMILES string of the molecule is CN(CC[C@@H]1CCCCO1)Cc1cccnc1N. The minimum atomic E-state index is 0.451. The number of ether oxygens (including phenoxy) is 1. The average Bonchev–Trinajstić information content (AvgIpc) is 2.40. The third-order valence-electron chi connectivity index (χ3n) is 3.47. The van der Waals surface area contributed by atoms with Crippen LogP contribution in [0.5, 0.6) is 0 Å².